The van der Waals surface area contributed by atoms with Gasteiger partial charge in [0.2, 0.25) is 0 Å². The molecule has 0 radical (unpaired) electrons. The van der Waals surface area contributed by atoms with Crippen LogP contribution in [0.25, 0.3) is 0 Å². The molecule has 0 aliphatic rings. The largest absolute Gasteiger partial charge is 0.352 e. The van der Waals surface area contributed by atoms with Gasteiger partial charge in [-0.25, -0.2) is 9.36 Å². The first-order valence-corrected chi connectivity index (χ1v) is 6.16. The Morgan fingerprint density at radius 2 is 2.32 bits per heavy atom. The lowest BCUT2D eigenvalue weighted by Gasteiger charge is -2.21. The van der Waals surface area contributed by atoms with Crippen LogP contribution in [0.4, 0.5) is 0 Å². The lowest BCUT2D eigenvalue weighted by atomic mass is 10.3. The van der Waals surface area contributed by atoms with Gasteiger partial charge in [-0.2, -0.15) is 0 Å². The van der Waals surface area contributed by atoms with Gasteiger partial charge in [0.1, 0.15) is 6.23 Å². The topological polar surface area (TPSA) is 90.4 Å². The third kappa shape index (κ3) is 4.79. The van der Waals surface area contributed by atoms with Crippen molar-refractivity contribution in [3.05, 3.63) is 33.1 Å². The highest BCUT2D eigenvalue weighted by molar-refractivity contribution is 7.17. The second kappa shape index (κ2) is 7.64. The van der Waals surface area contributed by atoms with Crippen LogP contribution in [0.5, 0.6) is 0 Å². The van der Waals surface area contributed by atoms with Gasteiger partial charge in [0, 0.05) is 18.7 Å². The summed E-state index contributed by atoms with van der Waals surface area (Å²) >= 11 is 0. The fraction of sp³-hybridized carbons (Fsp3) is 0.455. The van der Waals surface area contributed by atoms with Crippen molar-refractivity contribution >= 4 is 8.69 Å². The number of aromatic amines is 1. The second-order valence-corrected chi connectivity index (χ2v) is 4.06. The molecule has 1 rings (SSSR count). The molecule has 0 bridgehead atoms. The molecule has 102 valence electrons. The van der Waals surface area contributed by atoms with Crippen LogP contribution >= 0.6 is 8.69 Å². The van der Waals surface area contributed by atoms with Crippen molar-refractivity contribution in [3.63, 3.8) is 0 Å². The molecule has 0 fully saturated rings. The van der Waals surface area contributed by atoms with E-state index in [9.17, 15) is 14.2 Å². The van der Waals surface area contributed by atoms with E-state index < -0.39 is 32.3 Å². The van der Waals surface area contributed by atoms with E-state index in [-0.39, 0.29) is 13.0 Å². The van der Waals surface area contributed by atoms with E-state index in [0.29, 0.717) is 0 Å². The van der Waals surface area contributed by atoms with Gasteiger partial charge in [0.15, 0.2) is 0 Å². The normalized spacial score (nSPS) is 13.9. The molecular formula is C11H13N2O5P. The van der Waals surface area contributed by atoms with Crippen LogP contribution in [0, 0.1) is 12.3 Å². The summed E-state index contributed by atoms with van der Waals surface area (Å²) in [6, 6.07) is 1.21. The Hall–Kier alpha value is -1.74. The summed E-state index contributed by atoms with van der Waals surface area (Å²) < 4.78 is 21.7. The van der Waals surface area contributed by atoms with Crippen LogP contribution in [0.15, 0.2) is 21.9 Å². The summed E-state index contributed by atoms with van der Waals surface area (Å²) in [4.78, 5) is 24.6. The molecule has 1 heterocycles. The number of rotatable bonds is 7. The standard InChI is InChI=1S/C11H13N2O5P/c1-3-4-9(7-17-19-16)18-8(2)13-6-5-10(14)12-11(13)15/h1,5-6,8-9H,4,7H2,2H3,(H,12,14,15)/t8-,9+/m1/s1. The highest BCUT2D eigenvalue weighted by atomic mass is 31.1. The minimum absolute atomic E-state index is 0.0394. The molecule has 1 aromatic rings. The van der Waals surface area contributed by atoms with Gasteiger partial charge in [-0.05, 0) is 6.92 Å². The van der Waals surface area contributed by atoms with Gasteiger partial charge in [-0.3, -0.25) is 18.9 Å². The summed E-state index contributed by atoms with van der Waals surface area (Å²) in [5.41, 5.74) is -1.07. The number of nitrogens with one attached hydrogen (secondary N) is 1. The molecule has 0 saturated heterocycles. The Balaban J connectivity index is 2.78. The number of ether oxygens (including phenoxy) is 1. The van der Waals surface area contributed by atoms with Crippen LogP contribution in [-0.4, -0.2) is 22.3 Å². The summed E-state index contributed by atoms with van der Waals surface area (Å²) in [6.45, 7) is 1.66. The zero-order valence-corrected chi connectivity index (χ0v) is 11.1. The Morgan fingerprint density at radius 3 is 2.89 bits per heavy atom. The number of aromatic nitrogens is 2. The van der Waals surface area contributed by atoms with E-state index in [2.05, 4.69) is 15.4 Å². The fourth-order valence-electron chi connectivity index (χ4n) is 1.45. The van der Waals surface area contributed by atoms with Gasteiger partial charge in [-0.15, -0.1) is 12.3 Å². The Labute approximate surface area is 110 Å². The number of terminal acetylenes is 1. The van der Waals surface area contributed by atoms with Crippen molar-refractivity contribution in [2.24, 2.45) is 0 Å². The molecule has 1 aromatic heterocycles. The molecule has 0 saturated carbocycles. The van der Waals surface area contributed by atoms with Crippen molar-refractivity contribution in [1.82, 2.24) is 9.55 Å². The molecule has 1 N–H and O–H groups in total. The van der Waals surface area contributed by atoms with Crippen LogP contribution < -0.4 is 11.2 Å². The van der Waals surface area contributed by atoms with E-state index >= 15 is 0 Å². The van der Waals surface area contributed by atoms with Crippen molar-refractivity contribution in [3.8, 4) is 12.3 Å². The van der Waals surface area contributed by atoms with Crippen LogP contribution in [0.2, 0.25) is 0 Å². The van der Waals surface area contributed by atoms with Crippen LogP contribution in [-0.2, 0) is 13.8 Å². The number of nitrogens with zero attached hydrogens (tertiary/aromatic N) is 1. The van der Waals surface area contributed by atoms with Gasteiger partial charge >= 0.3 is 14.4 Å². The third-order valence-electron chi connectivity index (χ3n) is 2.29. The highest BCUT2D eigenvalue weighted by Gasteiger charge is 2.15. The van der Waals surface area contributed by atoms with Crippen molar-refractivity contribution in [2.45, 2.75) is 25.7 Å². The Morgan fingerprint density at radius 1 is 1.58 bits per heavy atom. The smallest absolute Gasteiger partial charge is 0.330 e. The highest BCUT2D eigenvalue weighted by Crippen LogP contribution is 2.12. The first-order valence-electron chi connectivity index (χ1n) is 5.43. The van der Waals surface area contributed by atoms with Crippen molar-refractivity contribution in [1.29, 1.82) is 0 Å². The molecule has 0 amide bonds. The molecule has 2 atom stereocenters. The summed E-state index contributed by atoms with van der Waals surface area (Å²) in [7, 11) is -0.466. The Kier molecular flexibility index (Phi) is 6.16. The molecule has 0 aromatic carbocycles. The molecule has 19 heavy (non-hydrogen) atoms. The third-order valence-corrected chi connectivity index (χ3v) is 2.55. The quantitative estimate of drug-likeness (QED) is 0.587. The molecule has 7 nitrogen and oxygen atoms in total. The maximum atomic E-state index is 11.5. The predicted molar refractivity (Wildman–Crippen MR) is 67.9 cm³/mol. The first kappa shape index (κ1) is 15.3. The molecule has 8 heteroatoms. The summed E-state index contributed by atoms with van der Waals surface area (Å²) in [5.74, 6) is 2.40. The van der Waals surface area contributed by atoms with E-state index in [0.717, 1.165) is 0 Å². The van der Waals surface area contributed by atoms with Gasteiger partial charge in [0.25, 0.3) is 5.56 Å². The Bertz CT molecular complexity index is 573. The average molecular weight is 284 g/mol. The van der Waals surface area contributed by atoms with E-state index in [1.165, 1.54) is 16.8 Å². The van der Waals surface area contributed by atoms with Gasteiger partial charge in [-0.1, -0.05) is 0 Å². The zero-order valence-electron chi connectivity index (χ0n) is 10.2. The molecular weight excluding hydrogens is 271 g/mol. The average Bonchev–Trinajstić information content (AvgIpc) is 2.36. The van der Waals surface area contributed by atoms with Crippen molar-refractivity contribution < 1.29 is 13.8 Å². The van der Waals surface area contributed by atoms with Gasteiger partial charge in [0.05, 0.1) is 12.7 Å². The van der Waals surface area contributed by atoms with Crippen LogP contribution in [0.3, 0.4) is 0 Å². The summed E-state index contributed by atoms with van der Waals surface area (Å²) in [6.07, 6.45) is 5.61. The summed E-state index contributed by atoms with van der Waals surface area (Å²) in [5, 5.41) is 0. The minimum atomic E-state index is -0.644. The van der Waals surface area contributed by atoms with Crippen LogP contribution in [0.1, 0.15) is 19.6 Å². The number of hydrogen-bond donors (Lipinski definition) is 1. The zero-order chi connectivity index (χ0) is 14.3. The molecule has 0 spiro atoms. The lowest BCUT2D eigenvalue weighted by molar-refractivity contribution is -0.0586. The second-order valence-electron chi connectivity index (χ2n) is 3.65. The number of hydrogen-bond acceptors (Lipinski definition) is 5. The molecule has 0 aliphatic carbocycles. The maximum absolute atomic E-state index is 11.5. The van der Waals surface area contributed by atoms with E-state index in [4.69, 9.17) is 11.2 Å². The van der Waals surface area contributed by atoms with Gasteiger partial charge < -0.3 is 4.74 Å². The lowest BCUT2D eigenvalue weighted by Crippen LogP contribution is -2.33. The maximum Gasteiger partial charge on any atom is 0.330 e. The predicted octanol–water partition coefficient (Wildman–Crippen LogP) is 0.687. The monoisotopic (exact) mass is 284 g/mol. The SMILES string of the molecule is C#CC[C@@H](COP=O)O[C@H](C)n1ccc(=O)[nH]c1=O. The fourth-order valence-corrected chi connectivity index (χ4v) is 1.68. The molecule has 0 unspecified atom stereocenters. The van der Waals surface area contributed by atoms with Crippen molar-refractivity contribution in [2.75, 3.05) is 6.61 Å². The van der Waals surface area contributed by atoms with E-state index in [1.807, 2.05) is 0 Å². The molecule has 0 aliphatic heterocycles. The minimum Gasteiger partial charge on any atom is -0.352 e. The number of H-pyrrole nitrogens is 1. The first-order chi connectivity index (χ1) is 9.08. The van der Waals surface area contributed by atoms with E-state index in [1.54, 1.807) is 6.92 Å².